The molecule has 2 heterocycles. The lowest BCUT2D eigenvalue weighted by molar-refractivity contribution is -0.138. The van der Waals surface area contributed by atoms with Crippen LogP contribution in [0.3, 0.4) is 0 Å². The molecule has 0 bridgehead atoms. The van der Waals surface area contributed by atoms with Gasteiger partial charge in [0.1, 0.15) is 6.00 Å². The molecule has 3 atom stereocenters. The van der Waals surface area contributed by atoms with Crippen molar-refractivity contribution in [2.75, 3.05) is 6.54 Å². The van der Waals surface area contributed by atoms with Gasteiger partial charge in [0.05, 0.1) is 11.8 Å². The summed E-state index contributed by atoms with van der Waals surface area (Å²) in [5, 5.41) is 0. The zero-order valence-electron chi connectivity index (χ0n) is 19.6. The minimum absolute atomic E-state index is 0.0193. The first-order chi connectivity index (χ1) is 12.0. The molecule has 1 saturated heterocycles. The molecule has 3 nitrogen and oxygen atoms in total. The molecule has 154 valence electrons. The third-order valence-electron chi connectivity index (χ3n) is 8.91. The number of ether oxygens (including phenoxy) is 1. The molecule has 2 aliphatic heterocycles. The van der Waals surface area contributed by atoms with Crippen LogP contribution in [0, 0.1) is 22.2 Å². The third kappa shape index (κ3) is 3.31. The molecule has 0 saturated carbocycles. The summed E-state index contributed by atoms with van der Waals surface area (Å²) in [4.78, 5) is 2.69. The highest BCUT2D eigenvalue weighted by molar-refractivity contribution is 6.33. The quantitative estimate of drug-likeness (QED) is 0.576. The van der Waals surface area contributed by atoms with Crippen molar-refractivity contribution in [3.05, 3.63) is 24.5 Å². The Morgan fingerprint density at radius 1 is 1.07 bits per heavy atom. The molecule has 27 heavy (non-hydrogen) atoms. The summed E-state index contributed by atoms with van der Waals surface area (Å²) in [5.74, 6) is 0.441. The van der Waals surface area contributed by atoms with Crippen molar-refractivity contribution in [1.29, 1.82) is 0 Å². The molecule has 0 aromatic carbocycles. The predicted molar refractivity (Wildman–Crippen MR) is 119 cm³/mol. The van der Waals surface area contributed by atoms with Gasteiger partial charge in [0.2, 0.25) is 7.41 Å². The smallest absolute Gasteiger partial charge is 0.250 e. The maximum Gasteiger partial charge on any atom is 0.250 e. The average molecular weight is 374 g/mol. The Bertz CT molecular complexity index is 620. The van der Waals surface area contributed by atoms with Crippen LogP contribution in [0.15, 0.2) is 24.5 Å². The Morgan fingerprint density at radius 2 is 1.63 bits per heavy atom. The average Bonchev–Trinajstić information content (AvgIpc) is 2.90. The van der Waals surface area contributed by atoms with E-state index in [4.69, 9.17) is 10.4 Å². The van der Waals surface area contributed by atoms with Gasteiger partial charge in [-0.3, -0.25) is 4.90 Å². The normalized spacial score (nSPS) is 37.1. The Kier molecular flexibility index (Phi) is 5.56. The van der Waals surface area contributed by atoms with E-state index in [1.807, 2.05) is 6.26 Å². The van der Waals surface area contributed by atoms with Gasteiger partial charge < -0.3 is 10.4 Å². The fourth-order valence-electron chi connectivity index (χ4n) is 5.26. The lowest BCUT2D eigenvalue weighted by Gasteiger charge is -2.64. The van der Waals surface area contributed by atoms with E-state index in [-0.39, 0.29) is 33.3 Å². The van der Waals surface area contributed by atoms with E-state index in [0.717, 1.165) is 13.0 Å². The summed E-state index contributed by atoms with van der Waals surface area (Å²) in [7, 11) is 0.518. The summed E-state index contributed by atoms with van der Waals surface area (Å²) < 4.78 is 5.93. The standard InChI is InChI=1S/C23H43BN2O/c1-16(2)17-14-19(3,4)20(5,6)15-26(22(9,10)21(17,7)8)23(11)12-13-27-18(23)24-25/h12-13,17-18,24H,1,14-15,25H2,2-11H3. The molecule has 0 spiro atoms. The second-order valence-electron chi connectivity index (χ2n) is 11.6. The van der Waals surface area contributed by atoms with Gasteiger partial charge in [-0.25, -0.2) is 0 Å². The van der Waals surface area contributed by atoms with Crippen molar-refractivity contribution in [3.63, 3.8) is 0 Å². The van der Waals surface area contributed by atoms with Crippen molar-refractivity contribution in [1.82, 2.24) is 4.90 Å². The lowest BCUT2D eigenvalue weighted by Crippen LogP contribution is -2.71. The maximum atomic E-state index is 6.13. The highest BCUT2D eigenvalue weighted by Crippen LogP contribution is 2.58. The Hall–Kier alpha value is -0.735. The van der Waals surface area contributed by atoms with Gasteiger partial charge in [-0.1, -0.05) is 53.7 Å². The van der Waals surface area contributed by atoms with Crippen LogP contribution in [-0.4, -0.2) is 35.9 Å². The van der Waals surface area contributed by atoms with E-state index >= 15 is 0 Å². The molecular weight excluding hydrogens is 331 g/mol. The Balaban J connectivity index is 2.71. The number of nitrogens with zero attached hydrogens (tertiary/aromatic N) is 1. The van der Waals surface area contributed by atoms with Crippen LogP contribution in [0.1, 0.15) is 75.7 Å². The molecular formula is C23H43BN2O. The number of allylic oxidation sites excluding steroid dienone is 1. The zero-order chi connectivity index (χ0) is 21.1. The largest absolute Gasteiger partial charge is 0.503 e. The van der Waals surface area contributed by atoms with Crippen LogP contribution >= 0.6 is 0 Å². The van der Waals surface area contributed by atoms with Crippen molar-refractivity contribution in [3.8, 4) is 0 Å². The molecule has 4 heteroatoms. The number of nitrogens with two attached hydrogens (primary N) is 1. The Morgan fingerprint density at radius 3 is 2.11 bits per heavy atom. The highest BCUT2D eigenvalue weighted by atomic mass is 16.5. The van der Waals surface area contributed by atoms with Crippen LogP contribution in [0.25, 0.3) is 0 Å². The van der Waals surface area contributed by atoms with Crippen LogP contribution < -0.4 is 5.64 Å². The predicted octanol–water partition coefficient (Wildman–Crippen LogP) is 4.68. The molecule has 2 N–H and O–H groups in total. The van der Waals surface area contributed by atoms with Gasteiger partial charge in [-0.2, -0.15) is 0 Å². The van der Waals surface area contributed by atoms with Crippen LogP contribution in [0.4, 0.5) is 0 Å². The number of hydrogen-bond acceptors (Lipinski definition) is 3. The van der Waals surface area contributed by atoms with Crippen LogP contribution in [0.2, 0.25) is 0 Å². The molecule has 1 fully saturated rings. The zero-order valence-corrected chi connectivity index (χ0v) is 19.6. The van der Waals surface area contributed by atoms with Crippen LogP contribution in [0.5, 0.6) is 0 Å². The summed E-state index contributed by atoms with van der Waals surface area (Å²) >= 11 is 0. The van der Waals surface area contributed by atoms with E-state index in [9.17, 15) is 0 Å². The minimum Gasteiger partial charge on any atom is -0.503 e. The lowest BCUT2D eigenvalue weighted by atomic mass is 9.52. The molecule has 0 radical (unpaired) electrons. The van der Waals surface area contributed by atoms with Crippen LogP contribution in [-0.2, 0) is 4.74 Å². The van der Waals surface area contributed by atoms with Gasteiger partial charge in [-0.05, 0) is 62.4 Å². The molecule has 0 aromatic rings. The van der Waals surface area contributed by atoms with Crippen molar-refractivity contribution < 1.29 is 4.74 Å². The summed E-state index contributed by atoms with van der Waals surface area (Å²) in [6.07, 6.45) is 5.24. The van der Waals surface area contributed by atoms with Gasteiger partial charge in [0.25, 0.3) is 0 Å². The number of likely N-dealkylation sites (tertiary alicyclic amines) is 1. The van der Waals surface area contributed by atoms with Gasteiger partial charge in [0.15, 0.2) is 0 Å². The third-order valence-corrected chi connectivity index (χ3v) is 8.91. The molecule has 2 aliphatic rings. The van der Waals surface area contributed by atoms with Gasteiger partial charge >= 0.3 is 0 Å². The molecule has 0 amide bonds. The molecule has 3 unspecified atom stereocenters. The fraction of sp³-hybridized carbons (Fsp3) is 0.826. The van der Waals surface area contributed by atoms with E-state index in [1.165, 1.54) is 5.57 Å². The van der Waals surface area contributed by atoms with Crippen molar-refractivity contribution >= 4 is 7.41 Å². The maximum absolute atomic E-state index is 6.13. The second-order valence-corrected chi connectivity index (χ2v) is 11.6. The minimum atomic E-state index is -0.222. The first-order valence-electron chi connectivity index (χ1n) is 10.5. The molecule has 0 aliphatic carbocycles. The number of rotatable bonds is 3. The first-order valence-corrected chi connectivity index (χ1v) is 10.5. The van der Waals surface area contributed by atoms with E-state index in [0.29, 0.717) is 13.3 Å². The summed E-state index contributed by atoms with van der Waals surface area (Å²) in [6, 6.07) is -0.0193. The topological polar surface area (TPSA) is 38.5 Å². The van der Waals surface area contributed by atoms with E-state index in [1.54, 1.807) is 0 Å². The van der Waals surface area contributed by atoms with Crippen molar-refractivity contribution in [2.45, 2.75) is 92.7 Å². The highest BCUT2D eigenvalue weighted by Gasteiger charge is 2.59. The van der Waals surface area contributed by atoms with Crippen molar-refractivity contribution in [2.24, 2.45) is 27.8 Å². The van der Waals surface area contributed by atoms with Gasteiger partial charge in [-0.15, -0.1) is 0 Å². The molecule has 2 rings (SSSR count). The fourth-order valence-corrected chi connectivity index (χ4v) is 5.26. The van der Waals surface area contributed by atoms with E-state index < -0.39 is 0 Å². The summed E-state index contributed by atoms with van der Waals surface area (Å²) in [5.41, 5.74) is 7.49. The monoisotopic (exact) mass is 374 g/mol. The molecule has 0 aromatic heterocycles. The first kappa shape index (κ1) is 22.6. The Labute approximate surface area is 169 Å². The number of hydrogen-bond donors (Lipinski definition) is 1. The SMILES string of the molecule is C=C(C)C1CC(C)(C)C(C)(C)CN(C2(C)C=COC2BN)C(C)(C)C1(C)C. The second kappa shape index (κ2) is 6.66. The summed E-state index contributed by atoms with van der Waals surface area (Å²) in [6.45, 7) is 29.3. The van der Waals surface area contributed by atoms with E-state index in [2.05, 4.69) is 86.8 Å². The van der Waals surface area contributed by atoms with Gasteiger partial charge in [0, 0.05) is 12.1 Å².